The maximum atomic E-state index is 12.6. The Balaban J connectivity index is 3.82. The highest BCUT2D eigenvalue weighted by Crippen LogP contribution is 2.18. The van der Waals surface area contributed by atoms with E-state index in [0.29, 0.717) is 18.4 Å². The van der Waals surface area contributed by atoms with Crippen molar-refractivity contribution in [2.45, 2.75) is 116 Å². The summed E-state index contributed by atoms with van der Waals surface area (Å²) in [6, 6.07) is 0.413. The van der Waals surface area contributed by atoms with Gasteiger partial charge >= 0.3 is 0 Å². The molecule has 2 unspecified atom stereocenters. The highest BCUT2D eigenvalue weighted by atomic mass is 32.2. The quantitative estimate of drug-likeness (QED) is 0.134. The number of rotatable bonds is 22. The summed E-state index contributed by atoms with van der Waals surface area (Å²) in [5, 5.41) is 0. The van der Waals surface area contributed by atoms with Crippen LogP contribution in [-0.2, 0) is 14.6 Å². The molecule has 188 valence electrons. The van der Waals surface area contributed by atoms with E-state index in [0.717, 1.165) is 23.7 Å². The molecule has 0 aromatic carbocycles. The van der Waals surface area contributed by atoms with Crippen molar-refractivity contribution in [3.05, 3.63) is 0 Å². The first-order chi connectivity index (χ1) is 14.6. The lowest BCUT2D eigenvalue weighted by Gasteiger charge is -2.33. The summed E-state index contributed by atoms with van der Waals surface area (Å²) >= 11 is 0. The normalized spacial score (nSPS) is 14.6. The molecule has 0 aliphatic rings. The molecule has 4 nitrogen and oxygen atoms in total. The van der Waals surface area contributed by atoms with Crippen molar-refractivity contribution in [2.24, 2.45) is 5.92 Å². The molecule has 31 heavy (non-hydrogen) atoms. The molecule has 0 aromatic heterocycles. The maximum Gasteiger partial charge on any atom is 0.150 e. The van der Waals surface area contributed by atoms with Gasteiger partial charge in [-0.1, -0.05) is 90.4 Å². The molecule has 0 aliphatic heterocycles. The summed E-state index contributed by atoms with van der Waals surface area (Å²) in [5.74, 6) is 0.696. The monoisotopic (exact) mass is 462 g/mol. The van der Waals surface area contributed by atoms with Crippen LogP contribution in [0.5, 0.6) is 0 Å². The predicted molar refractivity (Wildman–Crippen MR) is 136 cm³/mol. The van der Waals surface area contributed by atoms with Gasteiger partial charge in [-0.15, -0.1) is 0 Å². The van der Waals surface area contributed by atoms with E-state index in [9.17, 15) is 8.42 Å². The van der Waals surface area contributed by atoms with Gasteiger partial charge in [0, 0.05) is 19.4 Å². The van der Waals surface area contributed by atoms with Gasteiger partial charge in [-0.05, 0) is 13.3 Å². The molecule has 0 rings (SSSR count). The number of methoxy groups -OCH3 is 1. The Morgan fingerprint density at radius 3 is 1.55 bits per heavy atom. The second-order valence-electron chi connectivity index (χ2n) is 10.7. The van der Waals surface area contributed by atoms with Gasteiger partial charge in [0.05, 0.1) is 45.3 Å². The van der Waals surface area contributed by atoms with Crippen LogP contribution >= 0.6 is 0 Å². The van der Waals surface area contributed by atoms with Gasteiger partial charge in [-0.3, -0.25) is 0 Å². The number of ether oxygens (including phenoxy) is 1. The summed E-state index contributed by atoms with van der Waals surface area (Å²) in [4.78, 5) is 0. The number of sulfone groups is 1. The van der Waals surface area contributed by atoms with Crippen molar-refractivity contribution >= 4 is 9.84 Å². The molecule has 0 aromatic rings. The van der Waals surface area contributed by atoms with Crippen molar-refractivity contribution in [1.82, 2.24) is 0 Å². The molecule has 0 fully saturated rings. The van der Waals surface area contributed by atoms with Gasteiger partial charge < -0.3 is 9.22 Å². The summed E-state index contributed by atoms with van der Waals surface area (Å²) in [7, 11) is 5.17. The molecule has 0 spiro atoms. The molecule has 0 radical (unpaired) electrons. The third-order valence-corrected chi connectivity index (χ3v) is 8.59. The van der Waals surface area contributed by atoms with Gasteiger partial charge in [0.15, 0.2) is 9.84 Å². The molecule has 0 bridgehead atoms. The van der Waals surface area contributed by atoms with Gasteiger partial charge in [0.25, 0.3) is 0 Å². The Labute approximate surface area is 196 Å². The van der Waals surface area contributed by atoms with Crippen molar-refractivity contribution in [2.75, 3.05) is 46.4 Å². The van der Waals surface area contributed by atoms with E-state index in [1.165, 1.54) is 77.0 Å². The third-order valence-electron chi connectivity index (χ3n) is 6.70. The topological polar surface area (TPSA) is 43.4 Å². The average molecular weight is 463 g/mol. The van der Waals surface area contributed by atoms with Gasteiger partial charge in [0.1, 0.15) is 0 Å². The average Bonchev–Trinajstić information content (AvgIpc) is 2.67. The summed E-state index contributed by atoms with van der Waals surface area (Å²) < 4.78 is 31.4. The number of quaternary nitrogens is 1. The van der Waals surface area contributed by atoms with Crippen LogP contribution in [0.3, 0.4) is 0 Å². The molecule has 0 amide bonds. The Bertz CT molecular complexity index is 499. The highest BCUT2D eigenvalue weighted by molar-refractivity contribution is 7.91. The second kappa shape index (κ2) is 18.3. The minimum absolute atomic E-state index is 0.0917. The molecule has 0 saturated carbocycles. The van der Waals surface area contributed by atoms with Crippen LogP contribution in [0.1, 0.15) is 110 Å². The summed E-state index contributed by atoms with van der Waals surface area (Å²) in [6.07, 6.45) is 18.9. The Kier molecular flexibility index (Phi) is 18.2. The van der Waals surface area contributed by atoms with Crippen molar-refractivity contribution < 1.29 is 17.6 Å². The maximum absolute atomic E-state index is 12.6. The standard InChI is InChI=1S/C26H56NO3S/c1-7-8-9-10-11-12-13-14-15-16-17-18-19-20-21-31(28,29)24-26(23-30-6)22-25(2)27(3,4)5/h25-26H,7-24H2,1-6H3/q+1. The molecule has 0 saturated heterocycles. The first-order valence-corrected chi connectivity index (χ1v) is 14.9. The van der Waals surface area contributed by atoms with E-state index in [4.69, 9.17) is 4.74 Å². The van der Waals surface area contributed by atoms with Gasteiger partial charge in [0.2, 0.25) is 0 Å². The number of hydrogen-bond donors (Lipinski definition) is 0. The largest absolute Gasteiger partial charge is 0.384 e. The Morgan fingerprint density at radius 1 is 0.742 bits per heavy atom. The molecule has 2 atom stereocenters. The fourth-order valence-electron chi connectivity index (χ4n) is 4.18. The van der Waals surface area contributed by atoms with Crippen molar-refractivity contribution in [3.8, 4) is 0 Å². The zero-order valence-corrected chi connectivity index (χ0v) is 22.8. The van der Waals surface area contributed by atoms with E-state index < -0.39 is 9.84 Å². The molecule has 0 heterocycles. The molecule has 5 heteroatoms. The van der Waals surface area contributed by atoms with Crippen LogP contribution in [0, 0.1) is 5.92 Å². The zero-order chi connectivity index (χ0) is 23.6. The van der Waals surface area contributed by atoms with Crippen molar-refractivity contribution in [3.63, 3.8) is 0 Å². The van der Waals surface area contributed by atoms with Crippen LogP contribution < -0.4 is 0 Å². The fraction of sp³-hybridized carbons (Fsp3) is 1.00. The number of unbranched alkanes of at least 4 members (excludes halogenated alkanes) is 13. The SMILES string of the molecule is CCCCCCCCCCCCCCCCS(=O)(=O)CC(COC)CC(C)[N+](C)(C)C. The summed E-state index contributed by atoms with van der Waals surface area (Å²) in [6.45, 7) is 5.00. The van der Waals surface area contributed by atoms with Gasteiger partial charge in [-0.25, -0.2) is 8.42 Å². The predicted octanol–water partition coefficient (Wildman–Crippen LogP) is 6.63. The van der Waals surface area contributed by atoms with E-state index in [-0.39, 0.29) is 11.7 Å². The highest BCUT2D eigenvalue weighted by Gasteiger charge is 2.26. The minimum atomic E-state index is -3.00. The van der Waals surface area contributed by atoms with E-state index in [1.54, 1.807) is 7.11 Å². The first kappa shape index (κ1) is 30.9. The molecular formula is C26H56NO3S+. The lowest BCUT2D eigenvalue weighted by molar-refractivity contribution is -0.894. The molecular weight excluding hydrogens is 406 g/mol. The van der Waals surface area contributed by atoms with Crippen LogP contribution in [0.2, 0.25) is 0 Å². The van der Waals surface area contributed by atoms with Crippen LogP contribution in [-0.4, -0.2) is 65.3 Å². The van der Waals surface area contributed by atoms with E-state index in [2.05, 4.69) is 35.0 Å². The Hall–Kier alpha value is -0.130. The Morgan fingerprint density at radius 2 is 1.16 bits per heavy atom. The van der Waals surface area contributed by atoms with Crippen LogP contribution in [0.4, 0.5) is 0 Å². The van der Waals surface area contributed by atoms with Crippen LogP contribution in [0.25, 0.3) is 0 Å². The summed E-state index contributed by atoms with van der Waals surface area (Å²) in [5.41, 5.74) is 0. The molecule has 0 N–H and O–H groups in total. The minimum Gasteiger partial charge on any atom is -0.384 e. The van der Waals surface area contributed by atoms with E-state index >= 15 is 0 Å². The molecule has 0 aliphatic carbocycles. The number of hydrogen-bond acceptors (Lipinski definition) is 3. The van der Waals surface area contributed by atoms with E-state index in [1.807, 2.05) is 0 Å². The zero-order valence-electron chi connectivity index (χ0n) is 22.0. The second-order valence-corrected chi connectivity index (χ2v) is 13.0. The lowest BCUT2D eigenvalue weighted by atomic mass is 10.0. The number of nitrogens with zero attached hydrogens (tertiary/aromatic N) is 1. The third kappa shape index (κ3) is 19.1. The lowest BCUT2D eigenvalue weighted by Crippen LogP contribution is -2.45. The fourth-order valence-corrected chi connectivity index (χ4v) is 5.94. The van der Waals surface area contributed by atoms with Crippen LogP contribution in [0.15, 0.2) is 0 Å². The van der Waals surface area contributed by atoms with Gasteiger partial charge in [-0.2, -0.15) is 0 Å². The van der Waals surface area contributed by atoms with Crippen molar-refractivity contribution in [1.29, 1.82) is 0 Å². The smallest absolute Gasteiger partial charge is 0.150 e. The first-order valence-electron chi connectivity index (χ1n) is 13.1.